The molecule has 1 fully saturated rings. The van der Waals surface area contributed by atoms with Crippen LogP contribution in [-0.4, -0.2) is 45.0 Å². The Kier molecular flexibility index (Phi) is 5.78. The van der Waals surface area contributed by atoms with E-state index in [9.17, 15) is 13.6 Å². The Balaban J connectivity index is 1.55. The zero-order chi connectivity index (χ0) is 24.5. The second-order valence-corrected chi connectivity index (χ2v) is 8.05. The van der Waals surface area contributed by atoms with E-state index in [1.807, 2.05) is 24.3 Å². The van der Waals surface area contributed by atoms with Gasteiger partial charge >= 0.3 is 6.61 Å². The molecule has 0 atom stereocenters. The Bertz CT molecular complexity index is 1450. The number of nitriles is 1. The van der Waals surface area contributed by atoms with Gasteiger partial charge < -0.3 is 14.8 Å². The van der Waals surface area contributed by atoms with Gasteiger partial charge in [0.1, 0.15) is 29.9 Å². The summed E-state index contributed by atoms with van der Waals surface area (Å²) in [5.74, 6) is -0.695. The number of alkyl halides is 2. The number of hydrogen-bond donors (Lipinski definition) is 1. The van der Waals surface area contributed by atoms with Gasteiger partial charge in [-0.3, -0.25) is 14.0 Å². The lowest BCUT2D eigenvalue weighted by Gasteiger charge is -2.17. The minimum absolute atomic E-state index is 0.0325. The van der Waals surface area contributed by atoms with Gasteiger partial charge in [0.05, 0.1) is 36.1 Å². The Morgan fingerprint density at radius 3 is 2.77 bits per heavy atom. The van der Waals surface area contributed by atoms with Crippen LogP contribution >= 0.6 is 0 Å². The van der Waals surface area contributed by atoms with Gasteiger partial charge in [-0.25, -0.2) is 4.98 Å². The summed E-state index contributed by atoms with van der Waals surface area (Å²) in [5.41, 5.74) is 3.41. The van der Waals surface area contributed by atoms with Crippen molar-refractivity contribution in [3.63, 3.8) is 0 Å². The maximum atomic E-state index is 13.2. The van der Waals surface area contributed by atoms with Gasteiger partial charge in [-0.1, -0.05) is 6.07 Å². The van der Waals surface area contributed by atoms with Crippen molar-refractivity contribution >= 4 is 16.9 Å². The first-order chi connectivity index (χ1) is 17.0. The smallest absolute Gasteiger partial charge is 0.387 e. The fraction of sp³-hybridized carbons (Fsp3) is 0.250. The number of benzene rings is 2. The number of hydrogen-bond acceptors (Lipinski definition) is 6. The average Bonchev–Trinajstić information content (AvgIpc) is 3.35. The molecule has 1 N–H and O–H groups in total. The summed E-state index contributed by atoms with van der Waals surface area (Å²) in [4.78, 5) is 17.2. The topological polar surface area (TPSA) is 107 Å². The molecule has 0 saturated heterocycles. The van der Waals surface area contributed by atoms with Crippen molar-refractivity contribution in [2.75, 3.05) is 7.11 Å². The summed E-state index contributed by atoms with van der Waals surface area (Å²) in [6.45, 7) is -2.97. The molecule has 9 nitrogen and oxygen atoms in total. The summed E-state index contributed by atoms with van der Waals surface area (Å²) in [6, 6.07) is 10.6. The highest BCUT2D eigenvalue weighted by Gasteiger charge is 2.29. The third-order valence-electron chi connectivity index (χ3n) is 5.65. The number of carbonyl (C=O) groups is 1. The lowest BCUT2D eigenvalue weighted by molar-refractivity contribution is -0.0502. The van der Waals surface area contributed by atoms with Crippen molar-refractivity contribution in [3.05, 3.63) is 54.6 Å². The second kappa shape index (κ2) is 9.06. The molecule has 1 aliphatic rings. The Morgan fingerprint density at radius 1 is 1.26 bits per heavy atom. The predicted molar refractivity (Wildman–Crippen MR) is 122 cm³/mol. The number of nitrogens with zero attached hydrogens (tertiary/aromatic N) is 5. The van der Waals surface area contributed by atoms with Crippen LogP contribution in [0.15, 0.2) is 49.1 Å². The van der Waals surface area contributed by atoms with Crippen LogP contribution in [0, 0.1) is 11.3 Å². The van der Waals surface area contributed by atoms with Crippen LogP contribution < -0.4 is 14.8 Å². The van der Waals surface area contributed by atoms with Crippen molar-refractivity contribution in [1.82, 2.24) is 24.6 Å². The zero-order valence-corrected chi connectivity index (χ0v) is 18.6. The van der Waals surface area contributed by atoms with Crippen LogP contribution in [0.25, 0.3) is 27.8 Å². The normalized spacial score (nSPS) is 13.1. The number of rotatable bonds is 8. The minimum atomic E-state index is -3.12. The van der Waals surface area contributed by atoms with Gasteiger partial charge in [0.25, 0.3) is 5.91 Å². The molecule has 1 aliphatic carbocycles. The summed E-state index contributed by atoms with van der Waals surface area (Å²) in [6.07, 6.45) is 6.68. The lowest BCUT2D eigenvalue weighted by atomic mass is 10.1. The fourth-order valence-corrected chi connectivity index (χ4v) is 3.84. The van der Waals surface area contributed by atoms with Crippen LogP contribution in [0.2, 0.25) is 0 Å². The summed E-state index contributed by atoms with van der Waals surface area (Å²) < 4.78 is 39.8. The highest BCUT2D eigenvalue weighted by atomic mass is 19.3. The van der Waals surface area contributed by atoms with Crippen LogP contribution in [0.5, 0.6) is 11.5 Å². The number of carbonyl (C=O) groups excluding carboxylic acids is 1. The van der Waals surface area contributed by atoms with E-state index in [2.05, 4.69) is 15.4 Å². The number of halogens is 2. The first kappa shape index (κ1) is 22.3. The molecule has 5 rings (SSSR count). The molecule has 0 bridgehead atoms. The number of amides is 1. The van der Waals surface area contributed by atoms with E-state index in [4.69, 9.17) is 14.7 Å². The largest absolute Gasteiger partial charge is 0.496 e. The molecule has 1 saturated carbocycles. The van der Waals surface area contributed by atoms with Crippen LogP contribution in [0.4, 0.5) is 8.78 Å². The van der Waals surface area contributed by atoms with E-state index >= 15 is 0 Å². The Hall–Kier alpha value is -4.46. The predicted octanol–water partition coefficient (Wildman–Crippen LogP) is 3.91. The standard InChI is InChI=1S/C24H20F2N6O3/c1-34-20-9-17(10-21(35-24(25)26)22(20)23(33)30-16-3-4-16)32-13-28-18-8-14(2-5-19(18)32)15-11-29-31(12-15)7-6-27/h2,5,8-13,16,24H,3-4,7H2,1H3,(H,30,33). The molecule has 2 aromatic carbocycles. The number of ether oxygens (including phenoxy) is 2. The van der Waals surface area contributed by atoms with Gasteiger partial charge in [0.2, 0.25) is 0 Å². The molecule has 35 heavy (non-hydrogen) atoms. The van der Waals surface area contributed by atoms with Crippen LogP contribution in [0.3, 0.4) is 0 Å². The van der Waals surface area contributed by atoms with Crippen LogP contribution in [0.1, 0.15) is 23.2 Å². The van der Waals surface area contributed by atoms with Crippen LogP contribution in [-0.2, 0) is 6.54 Å². The van der Waals surface area contributed by atoms with Crippen molar-refractivity contribution < 1.29 is 23.0 Å². The maximum Gasteiger partial charge on any atom is 0.387 e. The maximum absolute atomic E-state index is 13.2. The van der Waals surface area contributed by atoms with Crippen molar-refractivity contribution in [3.8, 4) is 34.4 Å². The quantitative estimate of drug-likeness (QED) is 0.412. The van der Waals surface area contributed by atoms with E-state index in [1.54, 1.807) is 29.4 Å². The molecular formula is C24H20F2N6O3. The van der Waals surface area contributed by atoms with Gasteiger partial charge in [-0.15, -0.1) is 0 Å². The summed E-state index contributed by atoms with van der Waals surface area (Å²) in [5, 5.41) is 15.8. The highest BCUT2D eigenvalue weighted by molar-refractivity contribution is 6.00. The minimum Gasteiger partial charge on any atom is -0.496 e. The third-order valence-corrected chi connectivity index (χ3v) is 5.65. The molecule has 0 aliphatic heterocycles. The SMILES string of the molecule is COc1cc(-n2cnc3cc(-c4cnn(CC#N)c4)ccc32)cc(OC(F)F)c1C(=O)NC1CC1. The summed E-state index contributed by atoms with van der Waals surface area (Å²) in [7, 11) is 1.37. The highest BCUT2D eigenvalue weighted by Crippen LogP contribution is 2.35. The number of imidazole rings is 1. The second-order valence-electron chi connectivity index (χ2n) is 8.05. The lowest BCUT2D eigenvalue weighted by Crippen LogP contribution is -2.27. The van der Waals surface area contributed by atoms with E-state index in [0.717, 1.165) is 24.0 Å². The van der Waals surface area contributed by atoms with Gasteiger partial charge in [0.15, 0.2) is 0 Å². The van der Waals surface area contributed by atoms with Crippen molar-refractivity contribution in [1.29, 1.82) is 5.26 Å². The average molecular weight is 478 g/mol. The molecular weight excluding hydrogens is 458 g/mol. The van der Waals surface area contributed by atoms with E-state index in [1.165, 1.54) is 17.9 Å². The first-order valence-electron chi connectivity index (χ1n) is 10.8. The monoisotopic (exact) mass is 478 g/mol. The first-order valence-corrected chi connectivity index (χ1v) is 10.8. The molecule has 0 spiro atoms. The molecule has 2 heterocycles. The number of fused-ring (bicyclic) bond motifs is 1. The van der Waals surface area contributed by atoms with Gasteiger partial charge in [-0.2, -0.15) is 19.1 Å². The van der Waals surface area contributed by atoms with Gasteiger partial charge in [0, 0.05) is 29.9 Å². The van der Waals surface area contributed by atoms with Crippen molar-refractivity contribution in [2.24, 2.45) is 0 Å². The summed E-state index contributed by atoms with van der Waals surface area (Å²) >= 11 is 0. The number of aromatic nitrogens is 4. The van der Waals surface area contributed by atoms with E-state index < -0.39 is 12.5 Å². The van der Waals surface area contributed by atoms with E-state index in [0.29, 0.717) is 16.7 Å². The molecule has 178 valence electrons. The zero-order valence-electron chi connectivity index (χ0n) is 18.6. The molecule has 0 radical (unpaired) electrons. The van der Waals surface area contributed by atoms with E-state index in [-0.39, 0.29) is 29.6 Å². The third kappa shape index (κ3) is 4.50. The van der Waals surface area contributed by atoms with Gasteiger partial charge in [-0.05, 0) is 30.5 Å². The molecule has 0 unspecified atom stereocenters. The number of nitrogens with one attached hydrogen (secondary N) is 1. The molecule has 11 heteroatoms. The Labute approximate surface area is 198 Å². The fourth-order valence-electron chi connectivity index (χ4n) is 3.84. The van der Waals surface area contributed by atoms with Crippen molar-refractivity contribution in [2.45, 2.75) is 32.0 Å². The molecule has 1 amide bonds. The molecule has 2 aromatic heterocycles. The molecule has 4 aromatic rings. The Morgan fingerprint density at radius 2 is 2.06 bits per heavy atom. The number of methoxy groups -OCH3 is 1.